The van der Waals surface area contributed by atoms with E-state index in [9.17, 15) is 0 Å². The lowest BCUT2D eigenvalue weighted by Gasteiger charge is -2.05. The van der Waals surface area contributed by atoms with Gasteiger partial charge in [0.05, 0.1) is 12.8 Å². The van der Waals surface area contributed by atoms with Crippen LogP contribution < -0.4 is 16.2 Å². The van der Waals surface area contributed by atoms with Crippen molar-refractivity contribution >= 4 is 11.5 Å². The van der Waals surface area contributed by atoms with E-state index in [4.69, 9.17) is 21.4 Å². The van der Waals surface area contributed by atoms with Crippen LogP contribution in [0.25, 0.3) is 0 Å². The molecule has 0 aromatic heterocycles. The van der Waals surface area contributed by atoms with E-state index in [0.717, 1.165) is 0 Å². The number of nitrogens with zero attached hydrogens (tertiary/aromatic N) is 1. The third-order valence-electron chi connectivity index (χ3n) is 1.64. The van der Waals surface area contributed by atoms with Crippen molar-refractivity contribution in [2.45, 2.75) is 0 Å². The van der Waals surface area contributed by atoms with Crippen molar-refractivity contribution in [3.05, 3.63) is 23.8 Å². The van der Waals surface area contributed by atoms with Crippen LogP contribution in [0.2, 0.25) is 0 Å². The van der Waals surface area contributed by atoms with Gasteiger partial charge in [0, 0.05) is 5.56 Å². The second-order valence-electron chi connectivity index (χ2n) is 2.44. The summed E-state index contributed by atoms with van der Waals surface area (Å²) in [6.07, 6.45) is 0. The second kappa shape index (κ2) is 3.66. The van der Waals surface area contributed by atoms with Gasteiger partial charge in [-0.25, -0.2) is 0 Å². The topological polar surface area (TPSA) is 93.9 Å². The highest BCUT2D eigenvalue weighted by Gasteiger charge is 2.03. The molecular weight excluding hydrogens is 170 g/mol. The number of nitrogen functional groups attached to an aromatic ring is 1. The Bertz CT molecular complexity index is 336. The smallest absolute Gasteiger partial charge is 0.170 e. The van der Waals surface area contributed by atoms with Crippen molar-refractivity contribution in [3.8, 4) is 5.75 Å². The SMILES string of the molecule is COc1cc(/C(N)=N/O)ccc1N. The molecule has 0 saturated carbocycles. The minimum Gasteiger partial charge on any atom is -0.495 e. The van der Waals surface area contributed by atoms with E-state index in [1.807, 2.05) is 0 Å². The molecule has 0 saturated heterocycles. The molecular formula is C8H11N3O2. The predicted molar refractivity (Wildman–Crippen MR) is 49.9 cm³/mol. The molecule has 0 aliphatic heterocycles. The number of hydrogen-bond acceptors (Lipinski definition) is 4. The van der Waals surface area contributed by atoms with Gasteiger partial charge in [-0.05, 0) is 18.2 Å². The fourth-order valence-corrected chi connectivity index (χ4v) is 0.928. The normalized spacial score (nSPS) is 11.3. The molecule has 70 valence electrons. The minimum atomic E-state index is 0.0262. The van der Waals surface area contributed by atoms with Crippen LogP contribution in [0.4, 0.5) is 5.69 Å². The van der Waals surface area contributed by atoms with Gasteiger partial charge in [-0.1, -0.05) is 5.16 Å². The number of rotatable bonds is 2. The van der Waals surface area contributed by atoms with Crippen LogP contribution in [0.15, 0.2) is 23.4 Å². The summed E-state index contributed by atoms with van der Waals surface area (Å²) < 4.78 is 4.96. The summed E-state index contributed by atoms with van der Waals surface area (Å²) in [5.74, 6) is 0.530. The molecule has 0 amide bonds. The molecule has 0 heterocycles. The number of methoxy groups -OCH3 is 1. The van der Waals surface area contributed by atoms with Crippen LogP contribution in [-0.2, 0) is 0 Å². The second-order valence-corrected chi connectivity index (χ2v) is 2.44. The zero-order valence-corrected chi connectivity index (χ0v) is 7.19. The van der Waals surface area contributed by atoms with E-state index in [-0.39, 0.29) is 5.84 Å². The van der Waals surface area contributed by atoms with Gasteiger partial charge in [0.25, 0.3) is 0 Å². The maximum atomic E-state index is 8.41. The zero-order valence-electron chi connectivity index (χ0n) is 7.19. The van der Waals surface area contributed by atoms with Gasteiger partial charge in [0.1, 0.15) is 5.75 Å². The summed E-state index contributed by atoms with van der Waals surface area (Å²) in [7, 11) is 1.50. The van der Waals surface area contributed by atoms with Gasteiger partial charge >= 0.3 is 0 Å². The quantitative estimate of drug-likeness (QED) is 0.202. The lowest BCUT2D eigenvalue weighted by atomic mass is 10.2. The van der Waals surface area contributed by atoms with Crippen LogP contribution in [-0.4, -0.2) is 18.2 Å². The average Bonchev–Trinajstić information content (AvgIpc) is 2.17. The first-order chi connectivity index (χ1) is 6.19. The number of ether oxygens (including phenoxy) is 1. The van der Waals surface area contributed by atoms with Crippen LogP contribution >= 0.6 is 0 Å². The van der Waals surface area contributed by atoms with Crippen molar-refractivity contribution in [2.24, 2.45) is 10.9 Å². The fourth-order valence-electron chi connectivity index (χ4n) is 0.928. The first kappa shape index (κ1) is 9.18. The molecule has 0 aliphatic carbocycles. The molecule has 0 spiro atoms. The monoisotopic (exact) mass is 181 g/mol. The number of oxime groups is 1. The lowest BCUT2D eigenvalue weighted by Crippen LogP contribution is -2.13. The number of benzene rings is 1. The Morgan fingerprint density at radius 3 is 2.77 bits per heavy atom. The molecule has 1 rings (SSSR count). The molecule has 0 fully saturated rings. The Labute approximate surface area is 75.6 Å². The zero-order chi connectivity index (χ0) is 9.84. The first-order valence-electron chi connectivity index (χ1n) is 3.60. The van der Waals surface area contributed by atoms with Gasteiger partial charge in [-0.15, -0.1) is 0 Å². The third-order valence-corrected chi connectivity index (χ3v) is 1.64. The Kier molecular flexibility index (Phi) is 2.59. The molecule has 13 heavy (non-hydrogen) atoms. The Hall–Kier alpha value is -1.91. The van der Waals surface area contributed by atoms with E-state index in [1.165, 1.54) is 7.11 Å². The molecule has 5 N–H and O–H groups in total. The molecule has 0 bridgehead atoms. The van der Waals surface area contributed by atoms with Crippen molar-refractivity contribution in [1.82, 2.24) is 0 Å². The molecule has 0 unspecified atom stereocenters. The number of nitrogens with two attached hydrogens (primary N) is 2. The van der Waals surface area contributed by atoms with Crippen LogP contribution in [0.1, 0.15) is 5.56 Å². The van der Waals surface area contributed by atoms with E-state index >= 15 is 0 Å². The summed E-state index contributed by atoms with van der Waals surface area (Å²) >= 11 is 0. The van der Waals surface area contributed by atoms with Crippen LogP contribution in [0.5, 0.6) is 5.75 Å². The summed E-state index contributed by atoms with van der Waals surface area (Å²) in [5, 5.41) is 11.3. The van der Waals surface area contributed by atoms with Crippen LogP contribution in [0, 0.1) is 0 Å². The van der Waals surface area contributed by atoms with E-state index in [2.05, 4.69) is 5.16 Å². The van der Waals surface area contributed by atoms with Crippen LogP contribution in [0.3, 0.4) is 0 Å². The Morgan fingerprint density at radius 1 is 1.54 bits per heavy atom. The largest absolute Gasteiger partial charge is 0.495 e. The molecule has 0 radical (unpaired) electrons. The average molecular weight is 181 g/mol. The first-order valence-corrected chi connectivity index (χ1v) is 3.60. The number of hydrogen-bond donors (Lipinski definition) is 3. The maximum Gasteiger partial charge on any atom is 0.170 e. The van der Waals surface area contributed by atoms with E-state index < -0.39 is 0 Å². The summed E-state index contributed by atoms with van der Waals surface area (Å²) in [6.45, 7) is 0. The summed E-state index contributed by atoms with van der Waals surface area (Å²) in [6, 6.07) is 4.88. The lowest BCUT2D eigenvalue weighted by molar-refractivity contribution is 0.318. The van der Waals surface area contributed by atoms with Crippen molar-refractivity contribution in [1.29, 1.82) is 0 Å². The molecule has 5 heteroatoms. The highest BCUT2D eigenvalue weighted by molar-refractivity contribution is 5.97. The van der Waals surface area contributed by atoms with E-state index in [1.54, 1.807) is 18.2 Å². The molecule has 1 aromatic carbocycles. The molecule has 0 atom stereocenters. The Balaban J connectivity index is 3.13. The van der Waals surface area contributed by atoms with Gasteiger partial charge in [0.2, 0.25) is 0 Å². The molecule has 5 nitrogen and oxygen atoms in total. The van der Waals surface area contributed by atoms with Gasteiger partial charge in [-0.3, -0.25) is 0 Å². The summed E-state index contributed by atoms with van der Waals surface area (Å²) in [4.78, 5) is 0. The van der Waals surface area contributed by atoms with Crippen molar-refractivity contribution < 1.29 is 9.94 Å². The van der Waals surface area contributed by atoms with Crippen molar-refractivity contribution in [2.75, 3.05) is 12.8 Å². The van der Waals surface area contributed by atoms with Gasteiger partial charge in [0.15, 0.2) is 5.84 Å². The Morgan fingerprint density at radius 2 is 2.23 bits per heavy atom. The van der Waals surface area contributed by atoms with E-state index in [0.29, 0.717) is 17.0 Å². The van der Waals surface area contributed by atoms with Gasteiger partial charge < -0.3 is 21.4 Å². The predicted octanol–water partition coefficient (Wildman–Crippen LogP) is 0.372. The minimum absolute atomic E-state index is 0.0262. The molecule has 1 aromatic rings. The maximum absolute atomic E-state index is 8.41. The standard InChI is InChI=1S/C8H11N3O2/c1-13-7-4-5(8(10)11-12)2-3-6(7)9/h2-4,12H,9H2,1H3,(H2,10,11). The highest BCUT2D eigenvalue weighted by Crippen LogP contribution is 2.21. The number of anilines is 1. The third kappa shape index (κ3) is 1.81. The fraction of sp³-hybridized carbons (Fsp3) is 0.125. The highest BCUT2D eigenvalue weighted by atomic mass is 16.5. The van der Waals surface area contributed by atoms with Crippen molar-refractivity contribution in [3.63, 3.8) is 0 Å². The summed E-state index contributed by atoms with van der Waals surface area (Å²) in [5.41, 5.74) is 12.0. The number of amidine groups is 1. The van der Waals surface area contributed by atoms with Gasteiger partial charge in [-0.2, -0.15) is 0 Å². The molecule has 0 aliphatic rings.